The highest BCUT2D eigenvalue weighted by atomic mass is 79.9. The number of rotatable bonds is 4. The lowest BCUT2D eigenvalue weighted by Crippen LogP contribution is -2.22. The minimum atomic E-state index is -0.258. The van der Waals surface area contributed by atoms with Crippen LogP contribution in [0, 0.1) is 12.7 Å². The summed E-state index contributed by atoms with van der Waals surface area (Å²) in [6.45, 7) is 4.87. The smallest absolute Gasteiger partial charge is 0.137 e. The molecule has 0 saturated carbocycles. The van der Waals surface area contributed by atoms with Crippen molar-refractivity contribution in [3.05, 3.63) is 68.4 Å². The van der Waals surface area contributed by atoms with E-state index >= 15 is 0 Å². The van der Waals surface area contributed by atoms with Crippen molar-refractivity contribution in [2.75, 3.05) is 6.54 Å². The first-order valence-corrected chi connectivity index (χ1v) is 7.63. The molecule has 0 spiro atoms. The van der Waals surface area contributed by atoms with Crippen LogP contribution >= 0.6 is 27.5 Å². The topological polar surface area (TPSA) is 12.0 Å². The van der Waals surface area contributed by atoms with E-state index in [0.717, 1.165) is 23.2 Å². The molecule has 2 aromatic carbocycles. The first-order valence-electron chi connectivity index (χ1n) is 6.46. The van der Waals surface area contributed by atoms with Crippen molar-refractivity contribution in [1.82, 2.24) is 5.32 Å². The second-order valence-corrected chi connectivity index (χ2v) is 6.02. The molecule has 4 heteroatoms. The van der Waals surface area contributed by atoms with Crippen LogP contribution in [0.25, 0.3) is 0 Å². The lowest BCUT2D eigenvalue weighted by Gasteiger charge is -2.20. The molecule has 0 heterocycles. The Hall–Kier alpha value is -0.900. The standard InChI is InChI=1S/C16H16BrClFN/c1-3-20-16(11-4-5-15(19)14(17)9-11)12-6-10(2)7-13(18)8-12/h4-9,16,20H,3H2,1-2H3. The third-order valence-corrected chi connectivity index (χ3v) is 3.91. The minimum Gasteiger partial charge on any atom is -0.307 e. The van der Waals surface area contributed by atoms with Crippen molar-refractivity contribution in [1.29, 1.82) is 0 Å². The van der Waals surface area contributed by atoms with E-state index in [2.05, 4.69) is 27.3 Å². The van der Waals surface area contributed by atoms with Crippen molar-refractivity contribution in [3.8, 4) is 0 Å². The van der Waals surface area contributed by atoms with E-state index in [1.165, 1.54) is 6.07 Å². The highest BCUT2D eigenvalue weighted by Gasteiger charge is 2.15. The average molecular weight is 357 g/mol. The van der Waals surface area contributed by atoms with Crippen LogP contribution in [0.4, 0.5) is 4.39 Å². The Balaban J connectivity index is 2.46. The van der Waals surface area contributed by atoms with Crippen LogP contribution in [0.15, 0.2) is 40.9 Å². The third kappa shape index (κ3) is 3.60. The molecule has 0 aliphatic heterocycles. The van der Waals surface area contributed by atoms with Crippen LogP contribution < -0.4 is 5.32 Å². The van der Waals surface area contributed by atoms with E-state index < -0.39 is 0 Å². The van der Waals surface area contributed by atoms with Gasteiger partial charge >= 0.3 is 0 Å². The van der Waals surface area contributed by atoms with Crippen LogP contribution in [0.3, 0.4) is 0 Å². The Bertz CT molecular complexity index is 595. The SMILES string of the molecule is CCNC(c1cc(C)cc(Cl)c1)c1ccc(F)c(Br)c1. The minimum absolute atomic E-state index is 0.00528. The van der Waals surface area contributed by atoms with Gasteiger partial charge in [0.1, 0.15) is 5.82 Å². The number of hydrogen-bond acceptors (Lipinski definition) is 1. The van der Waals surface area contributed by atoms with Gasteiger partial charge in [-0.3, -0.25) is 0 Å². The predicted molar refractivity (Wildman–Crippen MR) is 85.8 cm³/mol. The summed E-state index contributed by atoms with van der Waals surface area (Å²) in [4.78, 5) is 0. The number of nitrogens with one attached hydrogen (secondary N) is 1. The van der Waals surface area contributed by atoms with Crippen molar-refractivity contribution in [2.45, 2.75) is 19.9 Å². The summed E-state index contributed by atoms with van der Waals surface area (Å²) in [5.74, 6) is -0.258. The van der Waals surface area contributed by atoms with E-state index in [1.54, 1.807) is 12.1 Å². The van der Waals surface area contributed by atoms with Crippen molar-refractivity contribution >= 4 is 27.5 Å². The van der Waals surface area contributed by atoms with Crippen molar-refractivity contribution < 1.29 is 4.39 Å². The number of halogens is 3. The maximum atomic E-state index is 13.4. The van der Waals surface area contributed by atoms with Crippen LogP contribution in [0.2, 0.25) is 5.02 Å². The second-order valence-electron chi connectivity index (χ2n) is 4.73. The van der Waals surface area contributed by atoms with Gasteiger partial charge in [-0.1, -0.05) is 30.7 Å². The van der Waals surface area contributed by atoms with Gasteiger partial charge in [-0.25, -0.2) is 4.39 Å². The van der Waals surface area contributed by atoms with Gasteiger partial charge in [0, 0.05) is 5.02 Å². The van der Waals surface area contributed by atoms with Crippen LogP contribution in [0.1, 0.15) is 29.7 Å². The van der Waals surface area contributed by atoms with E-state index in [1.807, 2.05) is 26.0 Å². The monoisotopic (exact) mass is 355 g/mol. The fourth-order valence-corrected chi connectivity index (χ4v) is 2.95. The molecule has 0 aliphatic rings. The molecular formula is C16H16BrClFN. The fourth-order valence-electron chi connectivity index (χ4n) is 2.26. The number of benzene rings is 2. The molecule has 0 amide bonds. The highest BCUT2D eigenvalue weighted by molar-refractivity contribution is 9.10. The van der Waals surface area contributed by atoms with Gasteiger partial charge in [0.2, 0.25) is 0 Å². The summed E-state index contributed by atoms with van der Waals surface area (Å²) >= 11 is 9.38. The Labute approximate surface area is 132 Å². The zero-order chi connectivity index (χ0) is 14.7. The quantitative estimate of drug-likeness (QED) is 0.789. The Morgan fingerprint density at radius 3 is 2.55 bits per heavy atom. The molecule has 0 bridgehead atoms. The Morgan fingerprint density at radius 2 is 1.95 bits per heavy atom. The molecular weight excluding hydrogens is 341 g/mol. The largest absolute Gasteiger partial charge is 0.307 e. The first-order chi connectivity index (χ1) is 9.51. The van der Waals surface area contributed by atoms with E-state index in [-0.39, 0.29) is 11.9 Å². The summed E-state index contributed by atoms with van der Waals surface area (Å²) in [5, 5.41) is 4.13. The molecule has 1 nitrogen and oxygen atoms in total. The lowest BCUT2D eigenvalue weighted by molar-refractivity contribution is 0.608. The average Bonchev–Trinajstić information content (AvgIpc) is 2.38. The summed E-state index contributed by atoms with van der Waals surface area (Å²) in [7, 11) is 0. The van der Waals surface area contributed by atoms with E-state index in [0.29, 0.717) is 9.50 Å². The molecule has 0 aromatic heterocycles. The molecule has 1 N–H and O–H groups in total. The van der Waals surface area contributed by atoms with Gasteiger partial charge < -0.3 is 5.32 Å². The van der Waals surface area contributed by atoms with Gasteiger partial charge in [0.15, 0.2) is 0 Å². The zero-order valence-corrected chi connectivity index (χ0v) is 13.7. The Morgan fingerprint density at radius 1 is 1.20 bits per heavy atom. The molecule has 0 fully saturated rings. The summed E-state index contributed by atoms with van der Waals surface area (Å²) in [6, 6.07) is 11.0. The van der Waals surface area contributed by atoms with Gasteiger partial charge in [-0.15, -0.1) is 0 Å². The molecule has 2 aromatic rings. The van der Waals surface area contributed by atoms with Crippen molar-refractivity contribution in [3.63, 3.8) is 0 Å². The van der Waals surface area contributed by atoms with Gasteiger partial charge in [-0.2, -0.15) is 0 Å². The molecule has 0 saturated heterocycles. The van der Waals surface area contributed by atoms with E-state index in [9.17, 15) is 4.39 Å². The summed E-state index contributed by atoms with van der Waals surface area (Å²) < 4.78 is 13.9. The molecule has 106 valence electrons. The highest BCUT2D eigenvalue weighted by Crippen LogP contribution is 2.28. The Kier molecular flexibility index (Phi) is 5.19. The summed E-state index contributed by atoms with van der Waals surface area (Å²) in [5.41, 5.74) is 3.19. The first kappa shape index (κ1) is 15.5. The molecule has 0 radical (unpaired) electrons. The van der Waals surface area contributed by atoms with Gasteiger partial charge in [-0.05, 0) is 70.4 Å². The maximum absolute atomic E-state index is 13.4. The molecule has 1 atom stereocenters. The molecule has 2 rings (SSSR count). The van der Waals surface area contributed by atoms with Crippen molar-refractivity contribution in [2.24, 2.45) is 0 Å². The molecule has 1 unspecified atom stereocenters. The number of aryl methyl sites for hydroxylation is 1. The van der Waals surface area contributed by atoms with Crippen LogP contribution in [-0.2, 0) is 0 Å². The van der Waals surface area contributed by atoms with Crippen LogP contribution in [-0.4, -0.2) is 6.54 Å². The van der Waals surface area contributed by atoms with Gasteiger partial charge in [0.25, 0.3) is 0 Å². The number of hydrogen-bond donors (Lipinski definition) is 1. The predicted octanol–water partition coefficient (Wildman–Crippen LogP) is 5.25. The third-order valence-electron chi connectivity index (χ3n) is 3.08. The molecule has 0 aliphatic carbocycles. The van der Waals surface area contributed by atoms with Gasteiger partial charge in [0.05, 0.1) is 10.5 Å². The molecule has 20 heavy (non-hydrogen) atoms. The normalized spacial score (nSPS) is 12.4. The second kappa shape index (κ2) is 6.70. The maximum Gasteiger partial charge on any atom is 0.137 e. The summed E-state index contributed by atoms with van der Waals surface area (Å²) in [6.07, 6.45) is 0. The van der Waals surface area contributed by atoms with E-state index in [4.69, 9.17) is 11.6 Å². The fraction of sp³-hybridized carbons (Fsp3) is 0.250. The zero-order valence-electron chi connectivity index (χ0n) is 11.4. The lowest BCUT2D eigenvalue weighted by atomic mass is 9.97. The van der Waals surface area contributed by atoms with Crippen LogP contribution in [0.5, 0.6) is 0 Å².